The van der Waals surface area contributed by atoms with Crippen LogP contribution in [0.2, 0.25) is 0 Å². The normalized spacial score (nSPS) is 15.8. The van der Waals surface area contributed by atoms with Gasteiger partial charge in [-0.25, -0.2) is 0 Å². The van der Waals surface area contributed by atoms with E-state index in [2.05, 4.69) is 12.1 Å². The third-order valence-electron chi connectivity index (χ3n) is 4.82. The first kappa shape index (κ1) is 12.6. The van der Waals surface area contributed by atoms with Gasteiger partial charge in [0.2, 0.25) is 0 Å². The van der Waals surface area contributed by atoms with Crippen molar-refractivity contribution in [1.29, 1.82) is 0 Å². The molecule has 0 N–H and O–H groups in total. The predicted octanol–water partition coefficient (Wildman–Crippen LogP) is 4.24. The molecule has 2 aromatic carbocycles. The molecule has 0 unspecified atom stereocenters. The van der Waals surface area contributed by atoms with Crippen LogP contribution in [0, 0.1) is 10.1 Å². The highest BCUT2D eigenvalue weighted by atomic mass is 16.6. The third-order valence-corrected chi connectivity index (χ3v) is 4.82. The van der Waals surface area contributed by atoms with Crippen LogP contribution in [-0.2, 0) is 25.7 Å². The molecule has 4 rings (SSSR count). The number of fused-ring (bicyclic) bond motifs is 4. The Morgan fingerprint density at radius 1 is 0.762 bits per heavy atom. The maximum atomic E-state index is 10.9. The van der Waals surface area contributed by atoms with Crippen LogP contribution < -0.4 is 0 Å². The summed E-state index contributed by atoms with van der Waals surface area (Å²) in [5, 5.41) is 10.9. The van der Waals surface area contributed by atoms with E-state index in [0.29, 0.717) is 0 Å². The van der Waals surface area contributed by atoms with Crippen LogP contribution in [0.5, 0.6) is 0 Å². The van der Waals surface area contributed by atoms with Crippen molar-refractivity contribution in [3.63, 3.8) is 0 Å². The van der Waals surface area contributed by atoms with E-state index >= 15 is 0 Å². The maximum absolute atomic E-state index is 10.9. The van der Waals surface area contributed by atoms with Crippen molar-refractivity contribution in [2.45, 2.75) is 38.5 Å². The van der Waals surface area contributed by atoms with E-state index in [1.165, 1.54) is 53.5 Å². The molecule has 0 spiro atoms. The number of non-ortho nitro benzene ring substituents is 1. The van der Waals surface area contributed by atoms with Gasteiger partial charge in [-0.2, -0.15) is 0 Å². The van der Waals surface area contributed by atoms with Gasteiger partial charge in [-0.15, -0.1) is 0 Å². The molecule has 3 nitrogen and oxygen atoms in total. The largest absolute Gasteiger partial charge is 0.269 e. The fraction of sp³-hybridized carbons (Fsp3) is 0.333. The van der Waals surface area contributed by atoms with Gasteiger partial charge in [-0.1, -0.05) is 12.1 Å². The minimum atomic E-state index is -0.303. The van der Waals surface area contributed by atoms with Crippen molar-refractivity contribution in [3.8, 4) is 11.1 Å². The van der Waals surface area contributed by atoms with Crippen LogP contribution in [0.3, 0.4) is 0 Å². The molecule has 0 saturated heterocycles. The van der Waals surface area contributed by atoms with E-state index < -0.39 is 0 Å². The molecular weight excluding hydrogens is 262 g/mol. The van der Waals surface area contributed by atoms with E-state index in [4.69, 9.17) is 0 Å². The Bertz CT molecular complexity index is 749. The Kier molecular flexibility index (Phi) is 2.81. The second-order valence-electron chi connectivity index (χ2n) is 6.08. The molecule has 0 heterocycles. The Hall–Kier alpha value is -2.16. The lowest BCUT2D eigenvalue weighted by Gasteiger charge is -2.24. The zero-order valence-electron chi connectivity index (χ0n) is 11.9. The van der Waals surface area contributed by atoms with Gasteiger partial charge in [0.15, 0.2) is 0 Å². The summed E-state index contributed by atoms with van der Waals surface area (Å²) in [6, 6.07) is 10.0. The minimum Gasteiger partial charge on any atom is -0.258 e. The number of nitro benzene ring substituents is 1. The van der Waals surface area contributed by atoms with Crippen LogP contribution in [-0.4, -0.2) is 4.92 Å². The lowest BCUT2D eigenvalue weighted by atomic mass is 9.80. The number of benzene rings is 2. The minimum absolute atomic E-state index is 0.204. The lowest BCUT2D eigenvalue weighted by Crippen LogP contribution is -2.09. The zero-order valence-corrected chi connectivity index (χ0v) is 11.9. The first-order valence-corrected chi connectivity index (χ1v) is 7.65. The summed E-state index contributed by atoms with van der Waals surface area (Å²) < 4.78 is 0. The fourth-order valence-corrected chi connectivity index (χ4v) is 3.73. The molecule has 3 heteroatoms. The Morgan fingerprint density at radius 2 is 1.43 bits per heavy atom. The summed E-state index contributed by atoms with van der Waals surface area (Å²) in [5.41, 5.74) is 8.22. The van der Waals surface area contributed by atoms with Crippen LogP contribution in [0.4, 0.5) is 5.69 Å². The van der Waals surface area contributed by atoms with Gasteiger partial charge in [0.25, 0.3) is 5.69 Å². The second-order valence-corrected chi connectivity index (χ2v) is 6.08. The van der Waals surface area contributed by atoms with E-state index in [9.17, 15) is 10.1 Å². The average molecular weight is 279 g/mol. The third kappa shape index (κ3) is 2.04. The Balaban J connectivity index is 1.86. The molecule has 0 aliphatic heterocycles. The molecule has 0 atom stereocenters. The van der Waals surface area contributed by atoms with Crippen molar-refractivity contribution >= 4 is 5.69 Å². The molecule has 0 bridgehead atoms. The molecule has 0 radical (unpaired) electrons. The zero-order chi connectivity index (χ0) is 14.4. The molecule has 2 aromatic rings. The predicted molar refractivity (Wildman–Crippen MR) is 82.6 cm³/mol. The van der Waals surface area contributed by atoms with Crippen molar-refractivity contribution in [2.75, 3.05) is 0 Å². The molecule has 0 saturated carbocycles. The van der Waals surface area contributed by atoms with E-state index in [1.807, 2.05) is 6.07 Å². The van der Waals surface area contributed by atoms with Crippen LogP contribution in [0.1, 0.15) is 35.1 Å². The van der Waals surface area contributed by atoms with Crippen molar-refractivity contribution < 1.29 is 4.92 Å². The number of aryl methyl sites for hydroxylation is 4. The van der Waals surface area contributed by atoms with Crippen LogP contribution >= 0.6 is 0 Å². The smallest absolute Gasteiger partial charge is 0.258 e. The Morgan fingerprint density at radius 3 is 2.14 bits per heavy atom. The summed E-state index contributed by atoms with van der Waals surface area (Å²) >= 11 is 0. The van der Waals surface area contributed by atoms with Gasteiger partial charge in [0, 0.05) is 12.1 Å². The highest BCUT2D eigenvalue weighted by Crippen LogP contribution is 2.38. The summed E-state index contributed by atoms with van der Waals surface area (Å²) in [6.07, 6.45) is 6.85. The number of nitro groups is 1. The van der Waals surface area contributed by atoms with Gasteiger partial charge in [0.05, 0.1) is 4.92 Å². The van der Waals surface area contributed by atoms with E-state index in [0.717, 1.165) is 18.4 Å². The van der Waals surface area contributed by atoms with Gasteiger partial charge >= 0.3 is 0 Å². The fourth-order valence-electron chi connectivity index (χ4n) is 3.73. The molecule has 21 heavy (non-hydrogen) atoms. The SMILES string of the molecule is O=[N+]([O-])c1ccc2c(c1)CCc1cc3c(cc1-2)CCCC3. The van der Waals surface area contributed by atoms with Crippen molar-refractivity contribution in [2.24, 2.45) is 0 Å². The molecule has 106 valence electrons. The number of nitrogens with zero attached hydrogens (tertiary/aromatic N) is 1. The van der Waals surface area contributed by atoms with Gasteiger partial charge < -0.3 is 0 Å². The number of rotatable bonds is 1. The highest BCUT2D eigenvalue weighted by molar-refractivity contribution is 5.75. The summed E-state index contributed by atoms with van der Waals surface area (Å²) in [7, 11) is 0. The molecule has 2 aliphatic rings. The maximum Gasteiger partial charge on any atom is 0.269 e. The second kappa shape index (κ2) is 4.69. The molecular formula is C18H17NO2. The average Bonchev–Trinajstić information content (AvgIpc) is 2.52. The summed E-state index contributed by atoms with van der Waals surface area (Å²) in [4.78, 5) is 10.6. The standard InChI is InChI=1S/C18H17NO2/c20-19(21)16-7-8-17-15(10-16)6-5-14-9-12-3-1-2-4-13(12)11-18(14)17/h7-11H,1-6H2. The molecule has 0 aromatic heterocycles. The molecule has 0 fully saturated rings. The van der Waals surface area contributed by atoms with Gasteiger partial charge in [-0.05, 0) is 78.0 Å². The van der Waals surface area contributed by atoms with Crippen molar-refractivity contribution in [3.05, 3.63) is 62.7 Å². The van der Waals surface area contributed by atoms with Crippen LogP contribution in [0.25, 0.3) is 11.1 Å². The van der Waals surface area contributed by atoms with Gasteiger partial charge in [0.1, 0.15) is 0 Å². The topological polar surface area (TPSA) is 43.1 Å². The van der Waals surface area contributed by atoms with Crippen molar-refractivity contribution in [1.82, 2.24) is 0 Å². The Labute approximate surface area is 123 Å². The lowest BCUT2D eigenvalue weighted by molar-refractivity contribution is -0.384. The van der Waals surface area contributed by atoms with Gasteiger partial charge in [-0.3, -0.25) is 10.1 Å². The first-order valence-electron chi connectivity index (χ1n) is 7.65. The summed E-state index contributed by atoms with van der Waals surface area (Å²) in [5.74, 6) is 0. The summed E-state index contributed by atoms with van der Waals surface area (Å²) in [6.45, 7) is 0. The van der Waals surface area contributed by atoms with E-state index in [1.54, 1.807) is 12.1 Å². The molecule has 2 aliphatic carbocycles. The van der Waals surface area contributed by atoms with E-state index in [-0.39, 0.29) is 10.6 Å². The number of hydrogen-bond acceptors (Lipinski definition) is 2. The first-order chi connectivity index (χ1) is 10.2. The monoisotopic (exact) mass is 279 g/mol. The number of hydrogen-bond donors (Lipinski definition) is 0. The van der Waals surface area contributed by atoms with Crippen LogP contribution in [0.15, 0.2) is 30.3 Å². The quantitative estimate of drug-likeness (QED) is 0.579. The highest BCUT2D eigenvalue weighted by Gasteiger charge is 2.21. The molecule has 0 amide bonds.